The monoisotopic (exact) mass is 348 g/mol. The van der Waals surface area contributed by atoms with Crippen LogP contribution in [0.1, 0.15) is 40.5 Å². The Morgan fingerprint density at radius 1 is 1.04 bits per heavy atom. The fourth-order valence-electron chi connectivity index (χ4n) is 5.05. The highest BCUT2D eigenvalue weighted by molar-refractivity contribution is 5.82. The fourth-order valence-corrected chi connectivity index (χ4v) is 5.05. The lowest BCUT2D eigenvalue weighted by atomic mass is 9.59. The zero-order valence-corrected chi connectivity index (χ0v) is 14.8. The van der Waals surface area contributed by atoms with Crippen molar-refractivity contribution in [3.8, 4) is 0 Å². The second-order valence-corrected chi connectivity index (χ2v) is 7.61. The van der Waals surface area contributed by atoms with Crippen LogP contribution in [0.3, 0.4) is 0 Å². The van der Waals surface area contributed by atoms with Gasteiger partial charge >= 0.3 is 0 Å². The van der Waals surface area contributed by atoms with E-state index in [1.807, 2.05) is 0 Å². The summed E-state index contributed by atoms with van der Waals surface area (Å²) in [5.74, 6) is 1.33. The van der Waals surface area contributed by atoms with E-state index in [-0.39, 0.29) is 11.9 Å². The molecule has 134 valence electrons. The van der Waals surface area contributed by atoms with Gasteiger partial charge < -0.3 is 15.4 Å². The molecule has 0 saturated carbocycles. The Morgan fingerprint density at radius 3 is 2.31 bits per heavy atom. The van der Waals surface area contributed by atoms with E-state index in [2.05, 4.69) is 59.2 Å². The van der Waals surface area contributed by atoms with Crippen molar-refractivity contribution < 1.29 is 9.53 Å². The Bertz CT molecular complexity index is 781. The summed E-state index contributed by atoms with van der Waals surface area (Å²) < 4.78 is 5.41. The zero-order valence-electron chi connectivity index (χ0n) is 14.8. The molecule has 2 N–H and O–H groups in total. The zero-order chi connectivity index (χ0) is 17.5. The molecule has 3 aliphatic carbocycles. The number of rotatable bonds is 3. The van der Waals surface area contributed by atoms with Crippen molar-refractivity contribution in [1.29, 1.82) is 0 Å². The molecule has 1 amide bonds. The Hall–Kier alpha value is -2.17. The second-order valence-electron chi connectivity index (χ2n) is 7.61. The maximum absolute atomic E-state index is 12.5. The Morgan fingerprint density at radius 2 is 1.69 bits per heavy atom. The van der Waals surface area contributed by atoms with Crippen LogP contribution in [0.5, 0.6) is 0 Å². The van der Waals surface area contributed by atoms with Crippen molar-refractivity contribution in [3.63, 3.8) is 0 Å². The van der Waals surface area contributed by atoms with Crippen LogP contribution >= 0.6 is 0 Å². The van der Waals surface area contributed by atoms with Crippen molar-refractivity contribution in [2.75, 3.05) is 26.3 Å². The maximum Gasteiger partial charge on any atom is 0.239 e. The summed E-state index contributed by atoms with van der Waals surface area (Å²) in [6, 6.07) is 17.5. The molecule has 0 aromatic heterocycles. The van der Waals surface area contributed by atoms with Crippen LogP contribution in [-0.2, 0) is 9.53 Å². The average molecular weight is 348 g/mol. The molecule has 0 unspecified atom stereocenters. The fraction of sp³-hybridized carbons (Fsp3) is 0.409. The van der Waals surface area contributed by atoms with E-state index in [1.54, 1.807) is 0 Å². The van der Waals surface area contributed by atoms with E-state index < -0.39 is 0 Å². The molecule has 1 aliphatic heterocycles. The molecular formula is C22H24N2O2. The molecule has 4 heteroatoms. The van der Waals surface area contributed by atoms with E-state index in [9.17, 15) is 4.79 Å². The molecule has 4 aliphatic rings. The van der Waals surface area contributed by atoms with Gasteiger partial charge in [0.15, 0.2) is 0 Å². The molecule has 2 bridgehead atoms. The molecule has 4 nitrogen and oxygen atoms in total. The number of nitrogens with one attached hydrogen (secondary N) is 2. The van der Waals surface area contributed by atoms with E-state index >= 15 is 0 Å². The molecule has 1 saturated heterocycles. The Labute approximate surface area is 153 Å². The number of amides is 1. The number of benzene rings is 2. The van der Waals surface area contributed by atoms with Crippen LogP contribution < -0.4 is 10.6 Å². The van der Waals surface area contributed by atoms with Gasteiger partial charge in [0.1, 0.15) is 6.04 Å². The van der Waals surface area contributed by atoms with Gasteiger partial charge in [-0.05, 0) is 34.6 Å². The summed E-state index contributed by atoms with van der Waals surface area (Å²) in [5, 5.41) is 6.42. The van der Waals surface area contributed by atoms with Gasteiger partial charge in [-0.1, -0.05) is 48.5 Å². The Balaban J connectivity index is 1.39. The van der Waals surface area contributed by atoms with Gasteiger partial charge in [0.05, 0.1) is 13.2 Å². The number of carbonyl (C=O) groups excluding carboxylic acids is 1. The van der Waals surface area contributed by atoms with Crippen LogP contribution in [0, 0.1) is 5.92 Å². The molecule has 2 atom stereocenters. The lowest BCUT2D eigenvalue weighted by molar-refractivity contribution is -0.126. The number of hydrogen-bond donors (Lipinski definition) is 2. The van der Waals surface area contributed by atoms with Gasteiger partial charge in [-0.15, -0.1) is 0 Å². The molecule has 6 rings (SSSR count). The highest BCUT2D eigenvalue weighted by Gasteiger charge is 2.43. The highest BCUT2D eigenvalue weighted by atomic mass is 16.5. The van der Waals surface area contributed by atoms with E-state index in [1.165, 1.54) is 22.3 Å². The van der Waals surface area contributed by atoms with Crippen molar-refractivity contribution in [2.24, 2.45) is 5.92 Å². The predicted octanol–water partition coefficient (Wildman–Crippen LogP) is 2.39. The maximum atomic E-state index is 12.5. The van der Waals surface area contributed by atoms with Crippen molar-refractivity contribution in [2.45, 2.75) is 24.3 Å². The first-order chi connectivity index (χ1) is 12.8. The van der Waals surface area contributed by atoms with Crippen molar-refractivity contribution in [1.82, 2.24) is 10.6 Å². The first-order valence-electron chi connectivity index (χ1n) is 9.59. The third kappa shape index (κ3) is 2.56. The largest absolute Gasteiger partial charge is 0.378 e. The van der Waals surface area contributed by atoms with E-state index in [4.69, 9.17) is 4.74 Å². The third-order valence-corrected chi connectivity index (χ3v) is 6.20. The quantitative estimate of drug-likeness (QED) is 0.895. The van der Waals surface area contributed by atoms with E-state index in [0.29, 0.717) is 31.0 Å². The molecule has 1 fully saturated rings. The SMILES string of the molecule is O=C(NC[C@@H]1CC2c3ccccc3C1c1ccccc12)[C@@H]1COCCN1. The van der Waals surface area contributed by atoms with Crippen LogP contribution in [0.4, 0.5) is 0 Å². The summed E-state index contributed by atoms with van der Waals surface area (Å²) in [6.07, 6.45) is 1.10. The number of fused-ring (bicyclic) bond motifs is 1. The average Bonchev–Trinajstić information content (AvgIpc) is 2.73. The molecule has 26 heavy (non-hydrogen) atoms. The summed E-state index contributed by atoms with van der Waals surface area (Å²) in [7, 11) is 0. The van der Waals surface area contributed by atoms with Crippen LogP contribution in [0.15, 0.2) is 48.5 Å². The molecule has 2 aromatic carbocycles. The number of morpholine rings is 1. The van der Waals surface area contributed by atoms with Gasteiger partial charge in [0.25, 0.3) is 0 Å². The summed E-state index contributed by atoms with van der Waals surface area (Å²) in [5.41, 5.74) is 5.84. The van der Waals surface area contributed by atoms with Gasteiger partial charge in [0, 0.05) is 24.9 Å². The number of hydrogen-bond acceptors (Lipinski definition) is 3. The first-order valence-corrected chi connectivity index (χ1v) is 9.59. The minimum Gasteiger partial charge on any atom is -0.378 e. The molecule has 0 spiro atoms. The first kappa shape index (κ1) is 16.0. The lowest BCUT2D eigenvalue weighted by Gasteiger charge is -2.45. The minimum atomic E-state index is -0.218. The van der Waals surface area contributed by atoms with Crippen LogP contribution in [0.25, 0.3) is 0 Å². The Kier molecular flexibility index (Phi) is 4.03. The normalized spacial score (nSPS) is 28.9. The van der Waals surface area contributed by atoms with Gasteiger partial charge in [-0.2, -0.15) is 0 Å². The summed E-state index contributed by atoms with van der Waals surface area (Å²) in [4.78, 5) is 12.5. The van der Waals surface area contributed by atoms with Crippen LogP contribution in [-0.4, -0.2) is 38.3 Å². The second kappa shape index (κ2) is 6.53. The number of carbonyl (C=O) groups is 1. The van der Waals surface area contributed by atoms with Gasteiger partial charge in [0.2, 0.25) is 5.91 Å². The molecular weight excluding hydrogens is 324 g/mol. The minimum absolute atomic E-state index is 0.0627. The molecule has 1 heterocycles. The number of ether oxygens (including phenoxy) is 1. The topological polar surface area (TPSA) is 50.4 Å². The summed E-state index contributed by atoms with van der Waals surface area (Å²) >= 11 is 0. The predicted molar refractivity (Wildman–Crippen MR) is 100 cm³/mol. The molecule has 2 aromatic rings. The third-order valence-electron chi connectivity index (χ3n) is 6.20. The lowest BCUT2D eigenvalue weighted by Crippen LogP contribution is -2.52. The van der Waals surface area contributed by atoms with Gasteiger partial charge in [-0.25, -0.2) is 0 Å². The van der Waals surface area contributed by atoms with Crippen molar-refractivity contribution >= 4 is 5.91 Å². The summed E-state index contributed by atoms with van der Waals surface area (Å²) in [6.45, 7) is 2.62. The van der Waals surface area contributed by atoms with Crippen molar-refractivity contribution in [3.05, 3.63) is 70.8 Å². The standard InChI is InChI=1S/C22H24N2O2/c25-22(20-13-26-10-9-23-20)24-12-14-11-19-15-5-1-3-7-17(15)21(14)18-8-4-2-6-16(18)19/h1-8,14,19-21,23H,9-13H2,(H,24,25)/t14-,19?,20-,21?/m0/s1. The van der Waals surface area contributed by atoms with E-state index in [0.717, 1.165) is 19.5 Å². The van der Waals surface area contributed by atoms with Gasteiger partial charge in [-0.3, -0.25) is 4.79 Å². The highest BCUT2D eigenvalue weighted by Crippen LogP contribution is 2.55. The van der Waals surface area contributed by atoms with Crippen LogP contribution in [0.2, 0.25) is 0 Å². The smallest absolute Gasteiger partial charge is 0.239 e. The molecule has 0 radical (unpaired) electrons.